The average Bonchev–Trinajstić information content (AvgIpc) is 3.14. The normalized spacial score (nSPS) is 11.7. The topological polar surface area (TPSA) is 83.4 Å². The lowest BCUT2D eigenvalue weighted by Crippen LogP contribution is -2.48. The minimum atomic E-state index is -0.634. The zero-order valence-corrected chi connectivity index (χ0v) is 14.3. The van der Waals surface area contributed by atoms with Gasteiger partial charge in [0, 0.05) is 14.7 Å². The Morgan fingerprint density at radius 3 is 2.82 bits per heavy atom. The van der Waals surface area contributed by atoms with Gasteiger partial charge in [-0.3, -0.25) is 4.79 Å². The van der Waals surface area contributed by atoms with E-state index in [4.69, 9.17) is 4.42 Å². The van der Waals surface area contributed by atoms with Crippen molar-refractivity contribution in [2.45, 2.75) is 26.1 Å². The number of halogens is 1. The van der Waals surface area contributed by atoms with Crippen molar-refractivity contribution < 1.29 is 14.0 Å². The number of furan rings is 1. The number of carbonyl (C=O) groups is 2. The summed E-state index contributed by atoms with van der Waals surface area (Å²) in [6, 6.07) is 4.43. The van der Waals surface area contributed by atoms with Gasteiger partial charge in [-0.2, -0.15) is 0 Å². The Bertz CT molecular complexity index is 627. The van der Waals surface area contributed by atoms with Gasteiger partial charge in [-0.05, 0) is 41.1 Å². The molecule has 2 aromatic heterocycles. The molecule has 0 aromatic carbocycles. The van der Waals surface area contributed by atoms with Crippen LogP contribution in [0.15, 0.2) is 38.7 Å². The number of hydrogen-bond donors (Lipinski definition) is 3. The smallest absolute Gasteiger partial charge is 0.315 e. The second-order valence-corrected chi connectivity index (χ2v) is 6.49. The first-order valence-electron chi connectivity index (χ1n) is 6.62. The molecule has 118 valence electrons. The molecule has 0 fully saturated rings. The van der Waals surface area contributed by atoms with Gasteiger partial charge in [-0.25, -0.2) is 4.79 Å². The summed E-state index contributed by atoms with van der Waals surface area (Å²) in [5.41, 5.74) is 0. The lowest BCUT2D eigenvalue weighted by atomic mass is 10.3. The summed E-state index contributed by atoms with van der Waals surface area (Å²) in [6.07, 6.45) is 1.54. The van der Waals surface area contributed by atoms with Crippen LogP contribution in [0.1, 0.15) is 17.6 Å². The zero-order chi connectivity index (χ0) is 15.9. The molecule has 3 amide bonds. The molecule has 2 heterocycles. The molecule has 0 bridgehead atoms. The highest BCUT2D eigenvalue weighted by Gasteiger charge is 2.15. The van der Waals surface area contributed by atoms with E-state index in [1.54, 1.807) is 36.7 Å². The Morgan fingerprint density at radius 1 is 1.36 bits per heavy atom. The Morgan fingerprint density at radius 2 is 2.18 bits per heavy atom. The maximum Gasteiger partial charge on any atom is 0.315 e. The van der Waals surface area contributed by atoms with Crippen LogP contribution in [-0.2, 0) is 17.9 Å². The third kappa shape index (κ3) is 5.19. The second-order valence-electron chi connectivity index (χ2n) is 4.58. The van der Waals surface area contributed by atoms with Crippen molar-refractivity contribution in [2.75, 3.05) is 0 Å². The van der Waals surface area contributed by atoms with Gasteiger partial charge in [-0.1, -0.05) is 0 Å². The van der Waals surface area contributed by atoms with Crippen molar-refractivity contribution in [1.82, 2.24) is 16.0 Å². The molecule has 0 spiro atoms. The molecule has 0 saturated heterocycles. The maximum absolute atomic E-state index is 11.9. The quantitative estimate of drug-likeness (QED) is 0.714. The molecule has 2 aromatic rings. The van der Waals surface area contributed by atoms with Crippen LogP contribution in [0.4, 0.5) is 4.79 Å². The van der Waals surface area contributed by atoms with Crippen molar-refractivity contribution in [3.8, 4) is 0 Å². The van der Waals surface area contributed by atoms with Gasteiger partial charge in [0.2, 0.25) is 5.91 Å². The number of amides is 3. The molecule has 0 saturated carbocycles. The molecule has 1 unspecified atom stereocenters. The molecule has 2 rings (SSSR count). The van der Waals surface area contributed by atoms with Crippen LogP contribution in [0.2, 0.25) is 0 Å². The highest BCUT2D eigenvalue weighted by Crippen LogP contribution is 2.19. The first kappa shape index (κ1) is 16.6. The molecule has 6 nitrogen and oxygen atoms in total. The van der Waals surface area contributed by atoms with Crippen LogP contribution < -0.4 is 16.0 Å². The van der Waals surface area contributed by atoms with E-state index < -0.39 is 6.04 Å². The SMILES string of the molecule is CC(NC(=O)NCc1cc(Br)cs1)C(=O)NCc1ccco1. The number of carbonyl (C=O) groups excluding carboxylic acids is 2. The molecule has 0 aliphatic heterocycles. The zero-order valence-electron chi connectivity index (χ0n) is 11.9. The third-order valence-electron chi connectivity index (χ3n) is 2.80. The van der Waals surface area contributed by atoms with Crippen molar-refractivity contribution in [1.29, 1.82) is 0 Å². The van der Waals surface area contributed by atoms with Gasteiger partial charge in [-0.15, -0.1) is 11.3 Å². The Kier molecular flexibility index (Phi) is 6.02. The monoisotopic (exact) mass is 385 g/mol. The summed E-state index contributed by atoms with van der Waals surface area (Å²) in [5.74, 6) is 0.388. The van der Waals surface area contributed by atoms with Gasteiger partial charge in [0.05, 0.1) is 19.4 Å². The first-order chi connectivity index (χ1) is 10.5. The molecule has 0 aliphatic carbocycles. The Labute approximate surface area is 140 Å². The van der Waals surface area contributed by atoms with Gasteiger partial charge in [0.25, 0.3) is 0 Å². The predicted molar refractivity (Wildman–Crippen MR) is 87.4 cm³/mol. The molecule has 1 atom stereocenters. The lowest BCUT2D eigenvalue weighted by molar-refractivity contribution is -0.122. The van der Waals surface area contributed by atoms with E-state index in [1.165, 1.54) is 0 Å². The molecule has 3 N–H and O–H groups in total. The van der Waals surface area contributed by atoms with Crippen LogP contribution in [0, 0.1) is 0 Å². The standard InChI is InChI=1S/C14H16BrN3O3S/c1-9(13(19)16-6-11-3-2-4-21-11)18-14(20)17-7-12-5-10(15)8-22-12/h2-5,8-9H,6-7H2,1H3,(H,16,19)(H2,17,18,20). The van der Waals surface area contributed by atoms with Crippen LogP contribution in [0.5, 0.6) is 0 Å². The number of nitrogens with one attached hydrogen (secondary N) is 3. The molecular weight excluding hydrogens is 370 g/mol. The molecule has 22 heavy (non-hydrogen) atoms. The van der Waals surface area contributed by atoms with E-state index in [9.17, 15) is 9.59 Å². The van der Waals surface area contributed by atoms with Crippen molar-refractivity contribution in [3.63, 3.8) is 0 Å². The number of urea groups is 1. The predicted octanol–water partition coefficient (Wildman–Crippen LogP) is 2.61. The maximum atomic E-state index is 11.9. The van der Waals surface area contributed by atoms with E-state index in [0.29, 0.717) is 18.8 Å². The van der Waals surface area contributed by atoms with E-state index in [2.05, 4.69) is 31.9 Å². The van der Waals surface area contributed by atoms with Gasteiger partial charge < -0.3 is 20.4 Å². The number of rotatable bonds is 6. The summed E-state index contributed by atoms with van der Waals surface area (Å²) in [6.45, 7) is 2.34. The van der Waals surface area contributed by atoms with Crippen molar-refractivity contribution in [2.24, 2.45) is 0 Å². The fourth-order valence-corrected chi connectivity index (χ4v) is 3.06. The van der Waals surface area contributed by atoms with Crippen LogP contribution >= 0.6 is 27.3 Å². The minimum Gasteiger partial charge on any atom is -0.467 e. The number of thiophene rings is 1. The summed E-state index contributed by atoms with van der Waals surface area (Å²) in [7, 11) is 0. The fraction of sp³-hybridized carbons (Fsp3) is 0.286. The highest BCUT2D eigenvalue weighted by atomic mass is 79.9. The van der Waals surface area contributed by atoms with Gasteiger partial charge in [0.1, 0.15) is 11.8 Å². The molecular formula is C14H16BrN3O3S. The minimum absolute atomic E-state index is 0.273. The summed E-state index contributed by atoms with van der Waals surface area (Å²) in [5, 5.41) is 9.93. The van der Waals surface area contributed by atoms with Crippen LogP contribution in [-0.4, -0.2) is 18.0 Å². The van der Waals surface area contributed by atoms with E-state index in [-0.39, 0.29) is 11.9 Å². The van der Waals surface area contributed by atoms with E-state index in [0.717, 1.165) is 9.35 Å². The third-order valence-corrected chi connectivity index (χ3v) is 4.50. The van der Waals surface area contributed by atoms with Crippen LogP contribution in [0.3, 0.4) is 0 Å². The molecule has 8 heteroatoms. The lowest BCUT2D eigenvalue weighted by Gasteiger charge is -2.14. The van der Waals surface area contributed by atoms with Gasteiger partial charge >= 0.3 is 6.03 Å². The Balaban J connectivity index is 1.69. The average molecular weight is 386 g/mol. The molecule has 0 radical (unpaired) electrons. The van der Waals surface area contributed by atoms with Crippen molar-refractivity contribution >= 4 is 39.2 Å². The molecule has 0 aliphatic rings. The Hall–Kier alpha value is -1.80. The first-order valence-corrected chi connectivity index (χ1v) is 8.29. The van der Waals surface area contributed by atoms with E-state index >= 15 is 0 Å². The fourth-order valence-electron chi connectivity index (χ4n) is 1.67. The second kappa shape index (κ2) is 8.00. The van der Waals surface area contributed by atoms with E-state index in [1.807, 2.05) is 11.4 Å². The van der Waals surface area contributed by atoms with Gasteiger partial charge in [0.15, 0.2) is 0 Å². The van der Waals surface area contributed by atoms with Crippen molar-refractivity contribution in [3.05, 3.63) is 45.0 Å². The summed E-state index contributed by atoms with van der Waals surface area (Å²) in [4.78, 5) is 24.6. The summed E-state index contributed by atoms with van der Waals surface area (Å²) < 4.78 is 6.10. The van der Waals surface area contributed by atoms with Crippen LogP contribution in [0.25, 0.3) is 0 Å². The summed E-state index contributed by atoms with van der Waals surface area (Å²) >= 11 is 4.90. The largest absolute Gasteiger partial charge is 0.467 e. The highest BCUT2D eigenvalue weighted by molar-refractivity contribution is 9.10. The number of hydrogen-bond acceptors (Lipinski definition) is 4.